The third-order valence-electron chi connectivity index (χ3n) is 6.08. The quantitative estimate of drug-likeness (QED) is 0.465. The lowest BCUT2D eigenvalue weighted by Gasteiger charge is -2.15. The molecule has 31 heavy (non-hydrogen) atoms. The lowest BCUT2D eigenvalue weighted by atomic mass is 10.1. The number of nitrogens with two attached hydrogens (primary N) is 1. The zero-order valence-corrected chi connectivity index (χ0v) is 18.1. The average Bonchev–Trinajstić information content (AvgIpc) is 3.68. The van der Waals surface area contributed by atoms with E-state index < -0.39 is 5.91 Å². The van der Waals surface area contributed by atoms with Crippen LogP contribution in [0.2, 0.25) is 0 Å². The minimum absolute atomic E-state index is 0.0641. The van der Waals surface area contributed by atoms with Gasteiger partial charge in [-0.3, -0.25) is 9.59 Å². The fraction of sp³-hybridized carbons (Fsp3) is 0.478. The molecule has 1 heterocycles. The van der Waals surface area contributed by atoms with E-state index in [2.05, 4.69) is 20.9 Å². The normalized spacial score (nSPS) is 16.6. The number of carbonyl (C=O) groups is 2. The Balaban J connectivity index is 1.46. The van der Waals surface area contributed by atoms with Gasteiger partial charge in [-0.15, -0.1) is 0 Å². The van der Waals surface area contributed by atoms with E-state index in [1.165, 1.54) is 0 Å². The van der Waals surface area contributed by atoms with Gasteiger partial charge in [-0.2, -0.15) is 0 Å². The van der Waals surface area contributed by atoms with Crippen molar-refractivity contribution in [2.45, 2.75) is 56.9 Å². The van der Waals surface area contributed by atoms with Gasteiger partial charge in [0.05, 0.1) is 16.9 Å². The molecule has 4 rings (SSSR count). The number of hydrogen-bond donors (Lipinski definition) is 4. The van der Waals surface area contributed by atoms with Crippen LogP contribution in [0.25, 0.3) is 0 Å². The number of hydrogen-bond acceptors (Lipinski definition) is 6. The maximum atomic E-state index is 12.3. The number of likely N-dealkylation sites (N-methyl/N-ethyl adjacent to an activating group) is 1. The van der Waals surface area contributed by atoms with Crippen LogP contribution in [0.3, 0.4) is 0 Å². The Hall–Kier alpha value is -3.00. The summed E-state index contributed by atoms with van der Waals surface area (Å²) in [6, 6.07) is 7.86. The summed E-state index contributed by atoms with van der Waals surface area (Å²) < 4.78 is 0. The summed E-state index contributed by atoms with van der Waals surface area (Å²) in [5, 5.41) is 9.36. The monoisotopic (exact) mass is 422 g/mol. The first kappa shape index (κ1) is 21.2. The van der Waals surface area contributed by atoms with Crippen LogP contribution in [0.5, 0.6) is 0 Å². The number of nitrogens with zero attached hydrogens (tertiary/aromatic N) is 2. The predicted molar refractivity (Wildman–Crippen MR) is 119 cm³/mol. The van der Waals surface area contributed by atoms with Crippen molar-refractivity contribution in [3.8, 4) is 0 Å². The van der Waals surface area contributed by atoms with Crippen molar-refractivity contribution in [2.75, 3.05) is 18.9 Å². The fourth-order valence-electron chi connectivity index (χ4n) is 3.83. The Kier molecular flexibility index (Phi) is 5.91. The standard InChI is InChI=1S/C23H30N6O2/c1-3-17-18(15-7-8-15)29-21(19(28-17)20(24)30)27-16-6-4-5-14(13-16)9-12-26-22(31)23(25-2)10-11-23/h4-6,13,15,25H,3,7-12H2,1-2H3,(H2,24,30)(H,26,31)(H,27,29). The molecule has 2 amide bonds. The first-order valence-electron chi connectivity index (χ1n) is 11.0. The maximum absolute atomic E-state index is 12.3. The Bertz CT molecular complexity index is 998. The highest BCUT2D eigenvalue weighted by Gasteiger charge is 2.48. The summed E-state index contributed by atoms with van der Waals surface area (Å²) in [6.07, 6.45) is 5.41. The number of aromatic nitrogens is 2. The molecule has 0 bridgehead atoms. The van der Waals surface area contributed by atoms with Crippen molar-refractivity contribution in [1.29, 1.82) is 0 Å². The van der Waals surface area contributed by atoms with Crippen LogP contribution in [0, 0.1) is 0 Å². The molecule has 0 spiro atoms. The molecule has 0 aliphatic heterocycles. The number of amides is 2. The molecule has 2 fully saturated rings. The molecule has 2 aromatic rings. The minimum atomic E-state index is -0.593. The molecule has 8 nitrogen and oxygen atoms in total. The number of primary amides is 1. The van der Waals surface area contributed by atoms with Crippen molar-refractivity contribution in [2.24, 2.45) is 5.73 Å². The molecule has 2 saturated carbocycles. The first-order chi connectivity index (χ1) is 15.0. The number of aryl methyl sites for hydroxylation is 1. The van der Waals surface area contributed by atoms with E-state index in [1.54, 1.807) is 0 Å². The SMILES string of the molecule is CCc1nc(C(N)=O)c(Nc2cccc(CCNC(=O)C3(NC)CC3)c2)nc1C1CC1. The number of carbonyl (C=O) groups excluding carboxylic acids is 2. The predicted octanol–water partition coefficient (Wildman–Crippen LogP) is 2.17. The molecule has 0 unspecified atom stereocenters. The van der Waals surface area contributed by atoms with Gasteiger partial charge in [0.15, 0.2) is 11.5 Å². The van der Waals surface area contributed by atoms with E-state index in [4.69, 9.17) is 10.7 Å². The molecule has 164 valence electrons. The summed E-state index contributed by atoms with van der Waals surface area (Å²) in [5.41, 5.74) is 9.08. The third-order valence-corrected chi connectivity index (χ3v) is 6.08. The van der Waals surface area contributed by atoms with E-state index in [0.29, 0.717) is 24.7 Å². The molecular weight excluding hydrogens is 392 g/mol. The molecule has 0 atom stereocenters. The molecule has 5 N–H and O–H groups in total. The summed E-state index contributed by atoms with van der Waals surface area (Å²) in [7, 11) is 1.83. The van der Waals surface area contributed by atoms with Crippen LogP contribution in [0.15, 0.2) is 24.3 Å². The van der Waals surface area contributed by atoms with Crippen molar-refractivity contribution >= 4 is 23.3 Å². The van der Waals surface area contributed by atoms with Gasteiger partial charge in [-0.25, -0.2) is 9.97 Å². The minimum Gasteiger partial charge on any atom is -0.364 e. The summed E-state index contributed by atoms with van der Waals surface area (Å²) in [4.78, 5) is 33.5. The Morgan fingerprint density at radius 1 is 1.23 bits per heavy atom. The van der Waals surface area contributed by atoms with Crippen molar-refractivity contribution < 1.29 is 9.59 Å². The Morgan fingerprint density at radius 3 is 2.61 bits per heavy atom. The maximum Gasteiger partial charge on any atom is 0.271 e. The van der Waals surface area contributed by atoms with Crippen LogP contribution in [0.1, 0.15) is 66.0 Å². The molecule has 2 aliphatic rings. The second-order valence-electron chi connectivity index (χ2n) is 8.41. The second kappa shape index (κ2) is 8.63. The van der Waals surface area contributed by atoms with E-state index in [1.807, 2.05) is 38.2 Å². The van der Waals surface area contributed by atoms with Crippen LogP contribution in [-0.4, -0.2) is 40.9 Å². The lowest BCUT2D eigenvalue weighted by Crippen LogP contribution is -2.45. The molecule has 2 aliphatic carbocycles. The number of anilines is 2. The molecular formula is C23H30N6O2. The van der Waals surface area contributed by atoms with E-state index >= 15 is 0 Å². The van der Waals surface area contributed by atoms with E-state index in [0.717, 1.165) is 54.7 Å². The van der Waals surface area contributed by atoms with Gasteiger partial charge in [0, 0.05) is 18.2 Å². The highest BCUT2D eigenvalue weighted by atomic mass is 16.2. The van der Waals surface area contributed by atoms with Gasteiger partial charge < -0.3 is 21.7 Å². The van der Waals surface area contributed by atoms with Gasteiger partial charge in [-0.05, 0) is 63.3 Å². The highest BCUT2D eigenvalue weighted by molar-refractivity contribution is 5.96. The summed E-state index contributed by atoms with van der Waals surface area (Å²) >= 11 is 0. The highest BCUT2D eigenvalue weighted by Crippen LogP contribution is 2.41. The Morgan fingerprint density at radius 2 is 2.00 bits per heavy atom. The largest absolute Gasteiger partial charge is 0.364 e. The molecule has 0 saturated heterocycles. The van der Waals surface area contributed by atoms with Crippen molar-refractivity contribution in [1.82, 2.24) is 20.6 Å². The molecule has 0 radical (unpaired) electrons. The smallest absolute Gasteiger partial charge is 0.271 e. The lowest BCUT2D eigenvalue weighted by molar-refractivity contribution is -0.124. The zero-order chi connectivity index (χ0) is 22.0. The number of rotatable bonds is 10. The first-order valence-corrected chi connectivity index (χ1v) is 11.0. The van der Waals surface area contributed by atoms with Gasteiger partial charge >= 0.3 is 0 Å². The van der Waals surface area contributed by atoms with Crippen LogP contribution >= 0.6 is 0 Å². The number of nitrogens with one attached hydrogen (secondary N) is 3. The zero-order valence-electron chi connectivity index (χ0n) is 18.1. The molecule has 8 heteroatoms. The molecule has 1 aromatic carbocycles. The fourth-order valence-corrected chi connectivity index (χ4v) is 3.83. The van der Waals surface area contributed by atoms with Gasteiger partial charge in [0.1, 0.15) is 0 Å². The number of benzene rings is 1. The van der Waals surface area contributed by atoms with Crippen LogP contribution in [-0.2, 0) is 17.6 Å². The van der Waals surface area contributed by atoms with E-state index in [-0.39, 0.29) is 17.1 Å². The van der Waals surface area contributed by atoms with E-state index in [9.17, 15) is 9.59 Å². The van der Waals surface area contributed by atoms with Crippen LogP contribution < -0.4 is 21.7 Å². The average molecular weight is 423 g/mol. The van der Waals surface area contributed by atoms with Crippen molar-refractivity contribution in [3.05, 3.63) is 46.9 Å². The van der Waals surface area contributed by atoms with Gasteiger partial charge in [0.25, 0.3) is 5.91 Å². The molecule has 1 aromatic heterocycles. The second-order valence-corrected chi connectivity index (χ2v) is 8.41. The van der Waals surface area contributed by atoms with Crippen molar-refractivity contribution in [3.63, 3.8) is 0 Å². The Labute approximate surface area is 182 Å². The third kappa shape index (κ3) is 4.69. The summed E-state index contributed by atoms with van der Waals surface area (Å²) in [5.74, 6) is 0.299. The van der Waals surface area contributed by atoms with Crippen LogP contribution in [0.4, 0.5) is 11.5 Å². The topological polar surface area (TPSA) is 122 Å². The van der Waals surface area contributed by atoms with Gasteiger partial charge in [-0.1, -0.05) is 19.1 Å². The van der Waals surface area contributed by atoms with Gasteiger partial charge in [0.2, 0.25) is 5.91 Å². The summed E-state index contributed by atoms with van der Waals surface area (Å²) in [6.45, 7) is 2.58.